The first kappa shape index (κ1) is 23.6. The first-order chi connectivity index (χ1) is 10.5. The van der Waals surface area contributed by atoms with Crippen molar-refractivity contribution in [3.05, 3.63) is 22.7 Å². The molecule has 2 rings (SSSR count). The normalized spacial score (nSPS) is 16.2. The molecule has 0 aromatic heterocycles. The topological polar surface area (TPSA) is 44.7 Å². The van der Waals surface area contributed by atoms with Crippen molar-refractivity contribution in [2.45, 2.75) is 32.7 Å². The molecule has 24 heavy (non-hydrogen) atoms. The summed E-state index contributed by atoms with van der Waals surface area (Å²) in [5.41, 5.74) is 1.13. The maximum atomic E-state index is 9.95. The Labute approximate surface area is 162 Å². The van der Waals surface area contributed by atoms with E-state index in [1.165, 1.54) is 0 Å². The van der Waals surface area contributed by atoms with Crippen LogP contribution in [0.1, 0.15) is 38.3 Å². The van der Waals surface area contributed by atoms with E-state index in [4.69, 9.17) is 16.3 Å². The molecular formula is C17H29Cl3N2O2. The van der Waals surface area contributed by atoms with Crippen molar-refractivity contribution >= 4 is 36.4 Å². The number of hydrogen-bond donors (Lipinski definition) is 2. The summed E-state index contributed by atoms with van der Waals surface area (Å²) in [6, 6.07) is 4.12. The van der Waals surface area contributed by atoms with Crippen molar-refractivity contribution in [2.75, 3.05) is 33.3 Å². The largest absolute Gasteiger partial charge is 0.503 e. The molecule has 1 fully saturated rings. The number of hydrogen-bond acceptors (Lipinski definition) is 4. The summed E-state index contributed by atoms with van der Waals surface area (Å²) in [6.45, 7) is 8.59. The second-order valence-electron chi connectivity index (χ2n) is 6.33. The monoisotopic (exact) mass is 398 g/mol. The Bertz CT molecular complexity index is 495. The minimum Gasteiger partial charge on any atom is -0.503 e. The summed E-state index contributed by atoms with van der Waals surface area (Å²) in [7, 11) is 1.56. The van der Waals surface area contributed by atoms with Crippen molar-refractivity contribution in [1.82, 2.24) is 10.2 Å². The molecule has 0 aliphatic carbocycles. The average molecular weight is 400 g/mol. The molecule has 0 amide bonds. The lowest BCUT2D eigenvalue weighted by molar-refractivity contribution is 0.159. The zero-order chi connectivity index (χ0) is 16.1. The summed E-state index contributed by atoms with van der Waals surface area (Å²) < 4.78 is 5.26. The number of phenols is 1. The lowest BCUT2D eigenvalue weighted by Crippen LogP contribution is -2.45. The summed E-state index contributed by atoms with van der Waals surface area (Å²) in [6.07, 6.45) is 2.25. The molecule has 1 aromatic rings. The summed E-state index contributed by atoms with van der Waals surface area (Å²) in [4.78, 5) is 2.50. The molecule has 0 saturated carbocycles. The quantitative estimate of drug-likeness (QED) is 0.749. The van der Waals surface area contributed by atoms with Crippen LogP contribution in [-0.2, 0) is 0 Å². The van der Waals surface area contributed by atoms with E-state index in [9.17, 15) is 5.11 Å². The van der Waals surface area contributed by atoms with Gasteiger partial charge in [-0.15, -0.1) is 24.8 Å². The van der Waals surface area contributed by atoms with Gasteiger partial charge < -0.3 is 15.2 Å². The Hall–Kier alpha value is -0.390. The summed E-state index contributed by atoms with van der Waals surface area (Å²) in [5, 5.41) is 13.7. The molecule has 7 heteroatoms. The molecule has 1 aliphatic heterocycles. The van der Waals surface area contributed by atoms with E-state index < -0.39 is 0 Å². The van der Waals surface area contributed by atoms with E-state index in [2.05, 4.69) is 24.1 Å². The van der Waals surface area contributed by atoms with Crippen LogP contribution in [0.4, 0.5) is 0 Å². The molecule has 0 spiro atoms. The molecule has 1 saturated heterocycles. The van der Waals surface area contributed by atoms with E-state index in [-0.39, 0.29) is 30.6 Å². The molecule has 0 radical (unpaired) electrons. The smallest absolute Gasteiger partial charge is 0.176 e. The standard InChI is InChI=1S/C17H27ClN2O2.2ClH/c1-12(2)4-5-15(20-8-6-19-7-9-20)13-10-14(18)17(21)16(11-13)22-3;;/h10-12,15,19,21H,4-9H2,1-3H3;2*1H/t15-;;/m1../s1. The predicted molar refractivity (Wildman–Crippen MR) is 105 cm³/mol. The van der Waals surface area contributed by atoms with Gasteiger partial charge >= 0.3 is 0 Å². The van der Waals surface area contributed by atoms with Crippen molar-refractivity contribution in [3.8, 4) is 11.5 Å². The van der Waals surface area contributed by atoms with Crippen LogP contribution < -0.4 is 10.1 Å². The van der Waals surface area contributed by atoms with E-state index in [0.29, 0.717) is 22.7 Å². The maximum Gasteiger partial charge on any atom is 0.176 e. The number of halogens is 3. The number of phenolic OH excluding ortho intramolecular Hbond substituents is 1. The zero-order valence-electron chi connectivity index (χ0n) is 14.5. The van der Waals surface area contributed by atoms with E-state index in [1.807, 2.05) is 12.1 Å². The predicted octanol–water partition coefficient (Wildman–Crippen LogP) is 4.28. The lowest BCUT2D eigenvalue weighted by atomic mass is 9.95. The van der Waals surface area contributed by atoms with Crippen LogP contribution >= 0.6 is 36.4 Å². The second-order valence-corrected chi connectivity index (χ2v) is 6.73. The second kappa shape index (κ2) is 11.3. The Kier molecular flexibility index (Phi) is 11.1. The molecule has 2 N–H and O–H groups in total. The van der Waals surface area contributed by atoms with Crippen molar-refractivity contribution < 1.29 is 9.84 Å². The van der Waals surface area contributed by atoms with Crippen LogP contribution in [0.2, 0.25) is 5.02 Å². The minimum absolute atomic E-state index is 0. The fourth-order valence-electron chi connectivity index (χ4n) is 2.99. The van der Waals surface area contributed by atoms with Gasteiger partial charge in [0.25, 0.3) is 0 Å². The van der Waals surface area contributed by atoms with E-state index in [0.717, 1.165) is 44.6 Å². The van der Waals surface area contributed by atoms with Crippen LogP contribution in [0, 0.1) is 5.92 Å². The van der Waals surface area contributed by atoms with Crippen LogP contribution in [0.25, 0.3) is 0 Å². The number of methoxy groups -OCH3 is 1. The van der Waals surface area contributed by atoms with Gasteiger partial charge in [0.05, 0.1) is 12.1 Å². The molecule has 0 bridgehead atoms. The molecule has 1 aromatic carbocycles. The highest BCUT2D eigenvalue weighted by atomic mass is 35.5. The van der Waals surface area contributed by atoms with Gasteiger partial charge in [0.1, 0.15) is 0 Å². The lowest BCUT2D eigenvalue weighted by Gasteiger charge is -2.36. The van der Waals surface area contributed by atoms with Crippen LogP contribution in [0.5, 0.6) is 11.5 Å². The number of nitrogens with zero attached hydrogens (tertiary/aromatic N) is 1. The molecule has 140 valence electrons. The minimum atomic E-state index is 0. The van der Waals surface area contributed by atoms with Gasteiger partial charge in [0.15, 0.2) is 11.5 Å². The zero-order valence-corrected chi connectivity index (χ0v) is 16.9. The summed E-state index contributed by atoms with van der Waals surface area (Å²) >= 11 is 6.18. The van der Waals surface area contributed by atoms with Gasteiger partial charge in [0.2, 0.25) is 0 Å². The molecular weight excluding hydrogens is 371 g/mol. The van der Waals surface area contributed by atoms with Gasteiger partial charge in [-0.25, -0.2) is 0 Å². The number of piperazine rings is 1. The van der Waals surface area contributed by atoms with Gasteiger partial charge in [-0.2, -0.15) is 0 Å². The number of ether oxygens (including phenoxy) is 1. The van der Waals surface area contributed by atoms with Crippen molar-refractivity contribution in [3.63, 3.8) is 0 Å². The van der Waals surface area contributed by atoms with Gasteiger partial charge in [-0.05, 0) is 36.5 Å². The van der Waals surface area contributed by atoms with Crippen LogP contribution in [-0.4, -0.2) is 43.3 Å². The molecule has 4 nitrogen and oxygen atoms in total. The van der Waals surface area contributed by atoms with E-state index >= 15 is 0 Å². The third-order valence-corrected chi connectivity index (χ3v) is 4.55. The number of aromatic hydroxyl groups is 1. The van der Waals surface area contributed by atoms with Crippen molar-refractivity contribution in [1.29, 1.82) is 0 Å². The molecule has 1 heterocycles. The SMILES string of the molecule is COc1cc([C@@H](CCC(C)C)N2CCNCC2)cc(Cl)c1O.Cl.Cl. The third-order valence-electron chi connectivity index (χ3n) is 4.27. The van der Waals surface area contributed by atoms with Gasteiger partial charge in [-0.3, -0.25) is 4.90 Å². The number of rotatable bonds is 6. The third kappa shape index (κ3) is 6.16. The van der Waals surface area contributed by atoms with E-state index in [1.54, 1.807) is 7.11 Å². The molecule has 1 aliphatic rings. The highest BCUT2D eigenvalue weighted by molar-refractivity contribution is 6.32. The van der Waals surface area contributed by atoms with Crippen molar-refractivity contribution in [2.24, 2.45) is 5.92 Å². The molecule has 0 unspecified atom stereocenters. The Morgan fingerprint density at radius 1 is 1.21 bits per heavy atom. The fourth-order valence-corrected chi connectivity index (χ4v) is 3.21. The van der Waals surface area contributed by atoms with Crippen LogP contribution in [0.15, 0.2) is 12.1 Å². The molecule has 1 atom stereocenters. The van der Waals surface area contributed by atoms with Gasteiger partial charge in [0, 0.05) is 32.2 Å². The fraction of sp³-hybridized carbons (Fsp3) is 0.647. The Balaban J connectivity index is 0.00000264. The van der Waals surface area contributed by atoms with Crippen LogP contribution in [0.3, 0.4) is 0 Å². The Morgan fingerprint density at radius 3 is 2.38 bits per heavy atom. The highest BCUT2D eigenvalue weighted by Gasteiger charge is 2.24. The maximum absolute atomic E-state index is 9.95. The number of benzene rings is 1. The number of nitrogens with one attached hydrogen (secondary N) is 1. The first-order valence-corrected chi connectivity index (χ1v) is 8.42. The van der Waals surface area contributed by atoms with Gasteiger partial charge in [-0.1, -0.05) is 25.4 Å². The highest BCUT2D eigenvalue weighted by Crippen LogP contribution is 2.39. The Morgan fingerprint density at radius 2 is 1.83 bits per heavy atom. The first-order valence-electron chi connectivity index (χ1n) is 8.04. The summed E-state index contributed by atoms with van der Waals surface area (Å²) in [5.74, 6) is 1.14. The average Bonchev–Trinajstić information content (AvgIpc) is 2.51.